The Balaban J connectivity index is 1.40. The number of rotatable bonds is 7. The molecule has 0 spiro atoms. The normalized spacial score (nSPS) is 24.3. The Bertz CT molecular complexity index is 851. The van der Waals surface area contributed by atoms with Crippen molar-refractivity contribution in [2.45, 2.75) is 74.9 Å². The van der Waals surface area contributed by atoms with Crippen LogP contribution < -0.4 is 0 Å². The van der Waals surface area contributed by atoms with E-state index in [2.05, 4.69) is 37.6 Å². The predicted octanol–water partition coefficient (Wildman–Crippen LogP) is 3.90. The lowest BCUT2D eigenvalue weighted by Crippen LogP contribution is -2.44. The average Bonchev–Trinajstić information content (AvgIpc) is 3.26. The van der Waals surface area contributed by atoms with Gasteiger partial charge in [-0.2, -0.15) is 0 Å². The first kappa shape index (κ1) is 22.3. The molecule has 7 nitrogen and oxygen atoms in total. The molecule has 1 amide bonds. The SMILES string of the molecule is CCn1c(SCc2cccnc2)nnc1[C@@H]1CCCN(C(=O)C2CCC(OC)CC2)C1. The summed E-state index contributed by atoms with van der Waals surface area (Å²) < 4.78 is 7.69. The van der Waals surface area contributed by atoms with Gasteiger partial charge < -0.3 is 14.2 Å². The number of carbonyl (C=O) groups is 1. The van der Waals surface area contributed by atoms with Crippen molar-refractivity contribution in [2.24, 2.45) is 5.92 Å². The molecule has 0 radical (unpaired) electrons. The van der Waals surface area contributed by atoms with E-state index < -0.39 is 0 Å². The van der Waals surface area contributed by atoms with Gasteiger partial charge in [-0.05, 0) is 57.1 Å². The van der Waals surface area contributed by atoms with Crippen LogP contribution in [0.15, 0.2) is 29.7 Å². The number of aromatic nitrogens is 4. The van der Waals surface area contributed by atoms with Gasteiger partial charge in [-0.1, -0.05) is 17.8 Å². The van der Waals surface area contributed by atoms with Crippen LogP contribution in [0.25, 0.3) is 0 Å². The summed E-state index contributed by atoms with van der Waals surface area (Å²) in [5.41, 5.74) is 1.18. The van der Waals surface area contributed by atoms with Crippen LogP contribution >= 0.6 is 11.8 Å². The van der Waals surface area contributed by atoms with Crippen molar-refractivity contribution in [3.8, 4) is 0 Å². The van der Waals surface area contributed by atoms with E-state index in [0.717, 1.165) is 74.9 Å². The highest BCUT2D eigenvalue weighted by Crippen LogP contribution is 2.32. The first-order valence-corrected chi connectivity index (χ1v) is 12.4. The molecule has 8 heteroatoms. The van der Waals surface area contributed by atoms with Gasteiger partial charge in [0.15, 0.2) is 5.16 Å². The molecular weight excluding hydrogens is 410 g/mol. The molecule has 168 valence electrons. The third-order valence-electron chi connectivity index (χ3n) is 6.61. The second kappa shape index (κ2) is 10.6. The molecule has 1 aliphatic heterocycles. The average molecular weight is 444 g/mol. The first-order valence-electron chi connectivity index (χ1n) is 11.5. The van der Waals surface area contributed by atoms with E-state index >= 15 is 0 Å². The fourth-order valence-electron chi connectivity index (χ4n) is 4.83. The van der Waals surface area contributed by atoms with E-state index in [1.54, 1.807) is 25.1 Å². The third kappa shape index (κ3) is 5.29. The quantitative estimate of drug-likeness (QED) is 0.605. The number of likely N-dealkylation sites (tertiary alicyclic amines) is 1. The molecule has 0 unspecified atom stereocenters. The summed E-state index contributed by atoms with van der Waals surface area (Å²) in [5.74, 6) is 2.59. The van der Waals surface area contributed by atoms with Crippen molar-refractivity contribution < 1.29 is 9.53 Å². The molecule has 31 heavy (non-hydrogen) atoms. The highest BCUT2D eigenvalue weighted by Gasteiger charge is 2.34. The van der Waals surface area contributed by atoms with E-state index in [0.29, 0.717) is 12.0 Å². The monoisotopic (exact) mass is 443 g/mol. The summed E-state index contributed by atoms with van der Waals surface area (Å²) in [7, 11) is 1.77. The number of methoxy groups -OCH3 is 1. The zero-order chi connectivity index (χ0) is 21.6. The summed E-state index contributed by atoms with van der Waals surface area (Å²) in [6, 6.07) is 4.04. The van der Waals surface area contributed by atoms with Crippen LogP contribution in [-0.2, 0) is 21.8 Å². The lowest BCUT2D eigenvalue weighted by atomic mass is 9.85. The standard InChI is InChI=1S/C23H33N5O2S/c1-3-28-21(25-26-23(28)31-16-17-6-4-12-24-14-17)19-7-5-13-27(15-19)22(29)18-8-10-20(30-2)11-9-18/h4,6,12,14,18-20H,3,5,7-11,13,15-16H2,1-2H3/t18?,19-,20?/m1/s1. The topological polar surface area (TPSA) is 73.1 Å². The lowest BCUT2D eigenvalue weighted by molar-refractivity contribution is -0.138. The summed E-state index contributed by atoms with van der Waals surface area (Å²) in [5, 5.41) is 10.0. The Labute approximate surface area is 189 Å². The number of nitrogens with zero attached hydrogens (tertiary/aromatic N) is 5. The van der Waals surface area contributed by atoms with Gasteiger partial charge in [0.25, 0.3) is 0 Å². The molecule has 1 aliphatic carbocycles. The minimum absolute atomic E-state index is 0.153. The molecule has 0 bridgehead atoms. The molecule has 2 fully saturated rings. The highest BCUT2D eigenvalue weighted by molar-refractivity contribution is 7.98. The largest absolute Gasteiger partial charge is 0.381 e. The minimum atomic E-state index is 0.153. The molecule has 1 saturated heterocycles. The molecule has 4 rings (SSSR count). The highest BCUT2D eigenvalue weighted by atomic mass is 32.2. The molecule has 3 heterocycles. The van der Waals surface area contributed by atoms with Crippen LogP contribution in [0, 0.1) is 5.92 Å². The Morgan fingerprint density at radius 1 is 1.23 bits per heavy atom. The Hall–Kier alpha value is -1.93. The summed E-state index contributed by atoms with van der Waals surface area (Å²) in [4.78, 5) is 19.5. The summed E-state index contributed by atoms with van der Waals surface area (Å²) in [6.45, 7) is 4.60. The first-order chi connectivity index (χ1) is 15.2. The van der Waals surface area contributed by atoms with Crippen LogP contribution in [0.2, 0.25) is 0 Å². The zero-order valence-corrected chi connectivity index (χ0v) is 19.4. The number of amides is 1. The van der Waals surface area contributed by atoms with Gasteiger partial charge in [0.05, 0.1) is 6.10 Å². The second-order valence-corrected chi connectivity index (χ2v) is 9.51. The second-order valence-electron chi connectivity index (χ2n) is 8.57. The third-order valence-corrected chi connectivity index (χ3v) is 7.65. The zero-order valence-electron chi connectivity index (χ0n) is 18.6. The van der Waals surface area contributed by atoms with E-state index in [1.807, 2.05) is 12.3 Å². The maximum absolute atomic E-state index is 13.2. The molecule has 0 aromatic carbocycles. The van der Waals surface area contributed by atoms with Crippen LogP contribution in [0.5, 0.6) is 0 Å². The Kier molecular flexibility index (Phi) is 7.61. The van der Waals surface area contributed by atoms with Crippen molar-refractivity contribution in [3.05, 3.63) is 35.9 Å². The number of ether oxygens (including phenoxy) is 1. The molecule has 2 aromatic rings. The van der Waals surface area contributed by atoms with Gasteiger partial charge >= 0.3 is 0 Å². The van der Waals surface area contributed by atoms with Crippen LogP contribution in [0.1, 0.15) is 62.8 Å². The maximum atomic E-state index is 13.2. The maximum Gasteiger partial charge on any atom is 0.225 e. The minimum Gasteiger partial charge on any atom is -0.381 e. The van der Waals surface area contributed by atoms with Gasteiger partial charge in [0.2, 0.25) is 5.91 Å². The fraction of sp³-hybridized carbons (Fsp3) is 0.652. The van der Waals surface area contributed by atoms with Gasteiger partial charge in [-0.15, -0.1) is 10.2 Å². The predicted molar refractivity (Wildman–Crippen MR) is 121 cm³/mol. The van der Waals surface area contributed by atoms with E-state index in [-0.39, 0.29) is 11.8 Å². The van der Waals surface area contributed by atoms with Gasteiger partial charge in [-0.3, -0.25) is 9.78 Å². The number of carbonyl (C=O) groups excluding carboxylic acids is 1. The smallest absolute Gasteiger partial charge is 0.225 e. The number of thioether (sulfide) groups is 1. The van der Waals surface area contributed by atoms with Crippen LogP contribution in [-0.4, -0.2) is 56.9 Å². The molecular formula is C23H33N5O2S. The number of piperidine rings is 1. The van der Waals surface area contributed by atoms with Crippen molar-refractivity contribution in [1.29, 1.82) is 0 Å². The Morgan fingerprint density at radius 2 is 2.06 bits per heavy atom. The number of pyridine rings is 1. The summed E-state index contributed by atoms with van der Waals surface area (Å²) >= 11 is 1.70. The van der Waals surface area contributed by atoms with Crippen molar-refractivity contribution in [2.75, 3.05) is 20.2 Å². The molecule has 0 N–H and O–H groups in total. The molecule has 1 atom stereocenters. The van der Waals surface area contributed by atoms with Gasteiger partial charge in [-0.25, -0.2) is 0 Å². The fourth-order valence-corrected chi connectivity index (χ4v) is 5.77. The van der Waals surface area contributed by atoms with Crippen LogP contribution in [0.4, 0.5) is 0 Å². The lowest BCUT2D eigenvalue weighted by Gasteiger charge is -2.36. The van der Waals surface area contributed by atoms with Crippen molar-refractivity contribution >= 4 is 17.7 Å². The van der Waals surface area contributed by atoms with E-state index in [9.17, 15) is 4.79 Å². The van der Waals surface area contributed by atoms with E-state index in [1.165, 1.54) is 5.56 Å². The van der Waals surface area contributed by atoms with Gasteiger partial charge in [0.1, 0.15) is 5.82 Å². The Morgan fingerprint density at radius 3 is 2.77 bits per heavy atom. The van der Waals surface area contributed by atoms with Crippen LogP contribution in [0.3, 0.4) is 0 Å². The number of hydrogen-bond acceptors (Lipinski definition) is 6. The van der Waals surface area contributed by atoms with Crippen molar-refractivity contribution in [1.82, 2.24) is 24.6 Å². The van der Waals surface area contributed by atoms with Gasteiger partial charge in [0, 0.05) is 56.7 Å². The number of hydrogen-bond donors (Lipinski definition) is 0. The molecule has 2 aliphatic rings. The molecule has 1 saturated carbocycles. The van der Waals surface area contributed by atoms with Crippen molar-refractivity contribution in [3.63, 3.8) is 0 Å². The molecule has 2 aromatic heterocycles. The van der Waals surface area contributed by atoms with E-state index in [4.69, 9.17) is 4.74 Å². The summed E-state index contributed by atoms with van der Waals surface area (Å²) in [6.07, 6.45) is 9.97.